The Morgan fingerprint density at radius 1 is 1.36 bits per heavy atom. The van der Waals surface area contributed by atoms with E-state index >= 15 is 0 Å². The maximum atomic E-state index is 10.7. The molecule has 0 aliphatic carbocycles. The molecule has 7 heteroatoms. The second kappa shape index (κ2) is 5.75. The largest absolute Gasteiger partial charge is 0.300 e. The van der Waals surface area contributed by atoms with E-state index in [-0.39, 0.29) is 0 Å². The van der Waals surface area contributed by atoms with Crippen molar-refractivity contribution in [1.29, 1.82) is 0 Å². The Hall–Kier alpha value is 0.780. The van der Waals surface area contributed by atoms with Crippen molar-refractivity contribution in [1.82, 2.24) is 0 Å². The molecule has 14 heavy (non-hydrogen) atoms. The van der Waals surface area contributed by atoms with Crippen LogP contribution in [0, 0.1) is 0 Å². The van der Waals surface area contributed by atoms with E-state index in [1.165, 1.54) is 0 Å². The molecule has 0 bridgehead atoms. The Labute approximate surface area is 99.5 Å². The Morgan fingerprint density at radius 3 is 2.21 bits per heavy atom. The van der Waals surface area contributed by atoms with E-state index in [0.29, 0.717) is 6.42 Å². The summed E-state index contributed by atoms with van der Waals surface area (Å²) in [5.74, 6) is 0. The lowest BCUT2D eigenvalue weighted by atomic mass is 10.2. The van der Waals surface area contributed by atoms with E-state index in [0.717, 1.165) is 19.3 Å². The van der Waals surface area contributed by atoms with Gasteiger partial charge in [0, 0.05) is 0 Å². The molecule has 0 radical (unpaired) electrons. The van der Waals surface area contributed by atoms with Gasteiger partial charge in [0.1, 0.15) is 0 Å². The van der Waals surface area contributed by atoms with Gasteiger partial charge in [0.2, 0.25) is 0 Å². The van der Waals surface area contributed by atoms with Gasteiger partial charge in [-0.25, -0.2) is 0 Å². The summed E-state index contributed by atoms with van der Waals surface area (Å²) in [5, 5.41) is -1.01. The van der Waals surface area contributed by atoms with Crippen LogP contribution in [0.25, 0.3) is 0 Å². The summed E-state index contributed by atoms with van der Waals surface area (Å²) in [4.78, 5) is 0. The molecule has 0 fully saturated rings. The first-order chi connectivity index (χ1) is 6.23. The third-order valence-corrected chi connectivity index (χ3v) is 5.34. The Balaban J connectivity index is 4.30. The van der Waals surface area contributed by atoms with Gasteiger partial charge in [-0.05, 0) is 6.42 Å². The molecule has 1 N–H and O–H groups in total. The van der Waals surface area contributed by atoms with Gasteiger partial charge in [0.25, 0.3) is 3.67 Å². The summed E-state index contributed by atoms with van der Waals surface area (Å²) in [5.41, 5.74) is 0. The minimum Gasteiger partial charge on any atom is -0.283 e. The van der Waals surface area contributed by atoms with Crippen molar-refractivity contribution in [2.24, 2.45) is 0 Å². The summed E-state index contributed by atoms with van der Waals surface area (Å²) < 4.78 is 27.8. The quantitative estimate of drug-likeness (QED) is 0.463. The summed E-state index contributed by atoms with van der Waals surface area (Å²) >= 11 is 16.6. The van der Waals surface area contributed by atoms with Gasteiger partial charge in [0.05, 0.1) is 5.38 Å². The molecule has 86 valence electrons. The summed E-state index contributed by atoms with van der Waals surface area (Å²) in [6.07, 6.45) is 2.97. The number of unbranched alkanes of at least 4 members (excludes halogenated alkanes) is 2. The summed E-state index contributed by atoms with van der Waals surface area (Å²) in [7, 11) is -4.54. The van der Waals surface area contributed by atoms with Crippen LogP contribution in [0.5, 0.6) is 0 Å². The monoisotopic (exact) mass is 282 g/mol. The van der Waals surface area contributed by atoms with Crippen molar-refractivity contribution in [3.8, 4) is 0 Å². The molecule has 1 atom stereocenters. The number of halogens is 3. The molecule has 0 saturated carbocycles. The van der Waals surface area contributed by atoms with Crippen molar-refractivity contribution >= 4 is 44.9 Å². The molecular formula is C7H13Cl3O3S. The molecule has 0 aliphatic heterocycles. The van der Waals surface area contributed by atoms with Crippen LogP contribution in [0.1, 0.15) is 32.6 Å². The van der Waals surface area contributed by atoms with Crippen LogP contribution in [-0.2, 0) is 10.1 Å². The lowest BCUT2D eigenvalue weighted by Crippen LogP contribution is -2.35. The van der Waals surface area contributed by atoms with Crippen LogP contribution < -0.4 is 0 Å². The fraction of sp³-hybridized carbons (Fsp3) is 1.00. The lowest BCUT2D eigenvalue weighted by molar-refractivity contribution is 0.468. The molecular weight excluding hydrogens is 270 g/mol. The van der Waals surface area contributed by atoms with Gasteiger partial charge in [0.15, 0.2) is 0 Å². The zero-order chi connectivity index (χ0) is 11.4. The topological polar surface area (TPSA) is 54.4 Å². The van der Waals surface area contributed by atoms with Crippen LogP contribution in [0.2, 0.25) is 0 Å². The Morgan fingerprint density at radius 2 is 1.86 bits per heavy atom. The van der Waals surface area contributed by atoms with Crippen molar-refractivity contribution in [3.05, 3.63) is 0 Å². The molecule has 0 spiro atoms. The van der Waals surface area contributed by atoms with Crippen molar-refractivity contribution < 1.29 is 13.0 Å². The van der Waals surface area contributed by atoms with E-state index in [1.54, 1.807) is 0 Å². The molecule has 3 nitrogen and oxygen atoms in total. The second-order valence-corrected chi connectivity index (χ2v) is 6.96. The van der Waals surface area contributed by atoms with E-state index < -0.39 is 19.2 Å². The van der Waals surface area contributed by atoms with Crippen LogP contribution in [0.3, 0.4) is 0 Å². The van der Waals surface area contributed by atoms with Gasteiger partial charge in [-0.2, -0.15) is 8.42 Å². The highest BCUT2D eigenvalue weighted by Gasteiger charge is 2.45. The molecule has 0 rings (SSSR count). The van der Waals surface area contributed by atoms with Crippen LogP contribution >= 0.6 is 34.8 Å². The summed E-state index contributed by atoms with van der Waals surface area (Å²) in [6, 6.07) is 0. The predicted octanol–water partition coefficient (Wildman–Crippen LogP) is 3.19. The van der Waals surface area contributed by atoms with Crippen LogP contribution in [0.4, 0.5) is 0 Å². The minimum atomic E-state index is -4.54. The second-order valence-electron chi connectivity index (χ2n) is 3.00. The molecule has 0 saturated heterocycles. The van der Waals surface area contributed by atoms with Gasteiger partial charge >= 0.3 is 10.1 Å². The number of alkyl halides is 3. The van der Waals surface area contributed by atoms with Crippen LogP contribution in [0.15, 0.2) is 0 Å². The predicted molar refractivity (Wildman–Crippen MR) is 59.8 cm³/mol. The fourth-order valence-electron chi connectivity index (χ4n) is 0.903. The van der Waals surface area contributed by atoms with E-state index in [4.69, 9.17) is 39.4 Å². The first-order valence-corrected chi connectivity index (χ1v) is 6.85. The average Bonchev–Trinajstić information content (AvgIpc) is 2.02. The zero-order valence-electron chi connectivity index (χ0n) is 7.71. The molecule has 0 aliphatic rings. The third kappa shape index (κ3) is 4.11. The maximum Gasteiger partial charge on any atom is 0.300 e. The van der Waals surface area contributed by atoms with E-state index in [1.807, 2.05) is 6.92 Å². The first-order valence-electron chi connectivity index (χ1n) is 4.22. The zero-order valence-corrected chi connectivity index (χ0v) is 10.8. The van der Waals surface area contributed by atoms with Gasteiger partial charge in [-0.3, -0.25) is 4.55 Å². The average molecular weight is 284 g/mol. The Bertz CT molecular complexity index is 263. The number of rotatable bonds is 6. The molecule has 0 aromatic carbocycles. The van der Waals surface area contributed by atoms with E-state index in [2.05, 4.69) is 0 Å². The molecule has 0 amide bonds. The molecule has 0 aromatic heterocycles. The SMILES string of the molecule is CCCCCC(Cl)C(Cl)(Cl)S(=O)(=O)O. The number of hydrogen-bond donors (Lipinski definition) is 1. The highest BCUT2D eigenvalue weighted by atomic mass is 35.5. The van der Waals surface area contributed by atoms with E-state index in [9.17, 15) is 8.42 Å². The molecule has 0 aromatic rings. The lowest BCUT2D eigenvalue weighted by Gasteiger charge is -2.21. The van der Waals surface area contributed by atoms with Crippen molar-refractivity contribution in [2.45, 2.75) is 41.6 Å². The van der Waals surface area contributed by atoms with Crippen molar-refractivity contribution in [3.63, 3.8) is 0 Å². The Kier molecular flexibility index (Phi) is 6.07. The highest BCUT2D eigenvalue weighted by molar-refractivity contribution is 7.90. The maximum absolute atomic E-state index is 10.7. The van der Waals surface area contributed by atoms with Crippen LogP contribution in [-0.4, -0.2) is 22.0 Å². The normalized spacial score (nSPS) is 15.5. The van der Waals surface area contributed by atoms with Gasteiger partial charge in [-0.1, -0.05) is 49.4 Å². The minimum absolute atomic E-state index is 0.349. The van der Waals surface area contributed by atoms with Gasteiger partial charge < -0.3 is 0 Å². The van der Waals surface area contributed by atoms with Gasteiger partial charge in [-0.15, -0.1) is 11.6 Å². The first kappa shape index (κ1) is 14.8. The summed E-state index contributed by atoms with van der Waals surface area (Å²) in [6.45, 7) is 2.00. The van der Waals surface area contributed by atoms with Crippen molar-refractivity contribution in [2.75, 3.05) is 0 Å². The number of hydrogen-bond acceptors (Lipinski definition) is 2. The smallest absolute Gasteiger partial charge is 0.283 e. The third-order valence-electron chi connectivity index (χ3n) is 1.77. The molecule has 1 unspecified atom stereocenters. The molecule has 0 heterocycles. The fourth-order valence-corrected chi connectivity index (χ4v) is 2.05. The standard InChI is InChI=1S/C7H13Cl3O3S/c1-2-3-4-5-6(8)7(9,10)14(11,12)13/h6H,2-5H2,1H3,(H,11,12,13). The highest BCUT2D eigenvalue weighted by Crippen LogP contribution is 2.37.